The second kappa shape index (κ2) is 8.99. The van der Waals surface area contributed by atoms with Crippen LogP contribution in [0, 0.1) is 0 Å². The molecule has 0 aromatic rings. The molecule has 0 aliphatic carbocycles. The summed E-state index contributed by atoms with van der Waals surface area (Å²) in [7, 11) is 0. The zero-order chi connectivity index (χ0) is 13.2. The molecule has 0 radical (unpaired) electrons. The number of esters is 1. The van der Waals surface area contributed by atoms with Gasteiger partial charge in [0.2, 0.25) is 0 Å². The summed E-state index contributed by atoms with van der Waals surface area (Å²) in [4.78, 5) is 19.5. The Morgan fingerprint density at radius 3 is 1.94 bits per heavy atom. The normalized spacial score (nSPS) is 10.1. The van der Waals surface area contributed by atoms with E-state index in [0.717, 1.165) is 12.8 Å². The molecule has 0 unspecified atom stereocenters. The Balaban J connectivity index is 0. The van der Waals surface area contributed by atoms with E-state index in [1.54, 1.807) is 0 Å². The lowest BCUT2D eigenvalue weighted by Gasteiger charge is -1.97. The van der Waals surface area contributed by atoms with Crippen LogP contribution in [0.15, 0.2) is 0 Å². The van der Waals surface area contributed by atoms with Crippen LogP contribution in [-0.4, -0.2) is 29.8 Å². The highest BCUT2D eigenvalue weighted by molar-refractivity contribution is 5.73. The van der Waals surface area contributed by atoms with E-state index in [0.29, 0.717) is 13.0 Å². The third kappa shape index (κ3) is 12.7. The zero-order valence-electron chi connectivity index (χ0n) is 9.13. The smallest absolute Gasteiger partial charge is 0.475 e. The van der Waals surface area contributed by atoms with Gasteiger partial charge in [0.1, 0.15) is 0 Å². The minimum atomic E-state index is -5.08. The van der Waals surface area contributed by atoms with Crippen LogP contribution in [-0.2, 0) is 14.3 Å². The molecule has 0 aliphatic rings. The van der Waals surface area contributed by atoms with Crippen molar-refractivity contribution in [2.75, 3.05) is 6.61 Å². The Kier molecular flexibility index (Phi) is 9.63. The Morgan fingerprint density at radius 1 is 1.25 bits per heavy atom. The molecule has 0 atom stereocenters. The van der Waals surface area contributed by atoms with Gasteiger partial charge in [0.25, 0.3) is 0 Å². The maximum atomic E-state index is 10.6. The number of carboxylic acid groups (broad SMARTS) is 1. The number of aliphatic carboxylic acids is 1. The number of carbonyl (C=O) groups is 2. The maximum Gasteiger partial charge on any atom is 0.490 e. The predicted molar refractivity (Wildman–Crippen MR) is 49.8 cm³/mol. The first kappa shape index (κ1) is 17.1. The molecule has 0 aromatic carbocycles. The van der Waals surface area contributed by atoms with E-state index in [4.69, 9.17) is 14.6 Å². The molecule has 4 nitrogen and oxygen atoms in total. The van der Waals surface area contributed by atoms with Gasteiger partial charge in [-0.2, -0.15) is 13.2 Å². The molecule has 0 spiro atoms. The van der Waals surface area contributed by atoms with Crippen molar-refractivity contribution in [2.45, 2.75) is 39.3 Å². The van der Waals surface area contributed by atoms with Crippen molar-refractivity contribution in [1.82, 2.24) is 0 Å². The molecular formula is C9H15F3O4. The second-order valence-corrected chi connectivity index (χ2v) is 2.71. The summed E-state index contributed by atoms with van der Waals surface area (Å²) in [6.07, 6.45) is -2.51. The number of hydrogen-bond donors (Lipinski definition) is 1. The van der Waals surface area contributed by atoms with E-state index in [-0.39, 0.29) is 5.97 Å². The van der Waals surface area contributed by atoms with Crippen molar-refractivity contribution < 1.29 is 32.6 Å². The molecule has 16 heavy (non-hydrogen) atoms. The van der Waals surface area contributed by atoms with Gasteiger partial charge in [0, 0.05) is 6.42 Å². The average molecular weight is 244 g/mol. The molecule has 0 rings (SSSR count). The number of ether oxygens (including phenoxy) is 1. The maximum absolute atomic E-state index is 10.6. The molecule has 1 N–H and O–H groups in total. The van der Waals surface area contributed by atoms with Gasteiger partial charge < -0.3 is 9.84 Å². The number of unbranched alkanes of at least 4 members (excludes halogenated alkanes) is 1. The molecular weight excluding hydrogens is 229 g/mol. The fourth-order valence-corrected chi connectivity index (χ4v) is 0.554. The SMILES string of the molecule is CCCCC(=O)OCC.O=C(O)C(F)(F)F. The summed E-state index contributed by atoms with van der Waals surface area (Å²) in [6, 6.07) is 0. The number of alkyl halides is 3. The molecule has 96 valence electrons. The van der Waals surface area contributed by atoms with E-state index < -0.39 is 12.1 Å². The molecule has 0 amide bonds. The second-order valence-electron chi connectivity index (χ2n) is 2.71. The molecule has 0 bridgehead atoms. The van der Waals surface area contributed by atoms with Gasteiger partial charge in [-0.1, -0.05) is 13.3 Å². The highest BCUT2D eigenvalue weighted by Crippen LogP contribution is 2.13. The van der Waals surface area contributed by atoms with Gasteiger partial charge in [-0.15, -0.1) is 0 Å². The van der Waals surface area contributed by atoms with Crippen molar-refractivity contribution in [3.63, 3.8) is 0 Å². The topological polar surface area (TPSA) is 63.6 Å². The van der Waals surface area contributed by atoms with Gasteiger partial charge in [0.05, 0.1) is 6.61 Å². The van der Waals surface area contributed by atoms with Crippen LogP contribution >= 0.6 is 0 Å². The summed E-state index contributed by atoms with van der Waals surface area (Å²) in [6.45, 7) is 4.38. The number of carbonyl (C=O) groups excluding carboxylic acids is 1. The van der Waals surface area contributed by atoms with Gasteiger partial charge in [0.15, 0.2) is 0 Å². The number of carboxylic acids is 1. The van der Waals surface area contributed by atoms with Crippen LogP contribution in [0.25, 0.3) is 0 Å². The third-order valence-corrected chi connectivity index (χ3v) is 1.28. The summed E-state index contributed by atoms with van der Waals surface area (Å²) in [5, 5.41) is 7.12. The monoisotopic (exact) mass is 244 g/mol. The van der Waals surface area contributed by atoms with Crippen molar-refractivity contribution in [2.24, 2.45) is 0 Å². The standard InChI is InChI=1S/C7H14O2.C2HF3O2/c1-3-5-6-7(8)9-4-2;3-2(4,5)1(6)7/h3-6H2,1-2H3;(H,6,7). The van der Waals surface area contributed by atoms with Crippen LogP contribution in [0.3, 0.4) is 0 Å². The van der Waals surface area contributed by atoms with E-state index in [1.165, 1.54) is 0 Å². The van der Waals surface area contributed by atoms with E-state index in [2.05, 4.69) is 6.92 Å². The van der Waals surface area contributed by atoms with Crippen LogP contribution in [0.4, 0.5) is 13.2 Å². The summed E-state index contributed by atoms with van der Waals surface area (Å²) < 4.78 is 36.4. The zero-order valence-corrected chi connectivity index (χ0v) is 9.13. The highest BCUT2D eigenvalue weighted by atomic mass is 19.4. The lowest BCUT2D eigenvalue weighted by atomic mass is 10.3. The molecule has 0 fully saturated rings. The van der Waals surface area contributed by atoms with Crippen LogP contribution in [0.1, 0.15) is 33.1 Å². The first-order valence-electron chi connectivity index (χ1n) is 4.71. The fourth-order valence-electron chi connectivity index (χ4n) is 0.554. The molecule has 0 heterocycles. The average Bonchev–Trinajstić information content (AvgIpc) is 2.14. The number of rotatable bonds is 4. The van der Waals surface area contributed by atoms with E-state index >= 15 is 0 Å². The van der Waals surface area contributed by atoms with Gasteiger partial charge in [-0.3, -0.25) is 4.79 Å². The van der Waals surface area contributed by atoms with Gasteiger partial charge in [-0.05, 0) is 13.3 Å². The number of hydrogen-bond acceptors (Lipinski definition) is 3. The van der Waals surface area contributed by atoms with Crippen molar-refractivity contribution >= 4 is 11.9 Å². The molecule has 0 aromatic heterocycles. The van der Waals surface area contributed by atoms with Crippen molar-refractivity contribution in [1.29, 1.82) is 0 Å². The van der Waals surface area contributed by atoms with Gasteiger partial charge in [-0.25, -0.2) is 4.79 Å². The van der Waals surface area contributed by atoms with Crippen molar-refractivity contribution in [3.8, 4) is 0 Å². The van der Waals surface area contributed by atoms with E-state index in [9.17, 15) is 18.0 Å². The quantitative estimate of drug-likeness (QED) is 0.771. The summed E-state index contributed by atoms with van der Waals surface area (Å²) in [5.74, 6) is -2.83. The first-order valence-corrected chi connectivity index (χ1v) is 4.71. The lowest BCUT2D eigenvalue weighted by Crippen LogP contribution is -2.21. The third-order valence-electron chi connectivity index (χ3n) is 1.28. The highest BCUT2D eigenvalue weighted by Gasteiger charge is 2.38. The van der Waals surface area contributed by atoms with E-state index in [1.807, 2.05) is 6.92 Å². The summed E-state index contributed by atoms with van der Waals surface area (Å²) in [5.41, 5.74) is 0. The molecule has 0 aliphatic heterocycles. The lowest BCUT2D eigenvalue weighted by molar-refractivity contribution is -0.192. The van der Waals surface area contributed by atoms with Crippen molar-refractivity contribution in [3.05, 3.63) is 0 Å². The van der Waals surface area contributed by atoms with Crippen LogP contribution < -0.4 is 0 Å². The molecule has 7 heteroatoms. The Labute approximate surface area is 91.4 Å². The predicted octanol–water partition coefficient (Wildman–Crippen LogP) is 2.37. The fraction of sp³-hybridized carbons (Fsp3) is 0.778. The Morgan fingerprint density at radius 2 is 1.69 bits per heavy atom. The summed E-state index contributed by atoms with van der Waals surface area (Å²) >= 11 is 0. The minimum Gasteiger partial charge on any atom is -0.475 e. The van der Waals surface area contributed by atoms with Crippen LogP contribution in [0.2, 0.25) is 0 Å². The Bertz CT molecular complexity index is 213. The minimum absolute atomic E-state index is 0.0700. The van der Waals surface area contributed by atoms with Gasteiger partial charge >= 0.3 is 18.1 Å². The Hall–Kier alpha value is -1.27. The largest absolute Gasteiger partial charge is 0.490 e. The molecule has 0 saturated heterocycles. The molecule has 0 saturated carbocycles. The van der Waals surface area contributed by atoms with Crippen LogP contribution in [0.5, 0.6) is 0 Å². The number of halogens is 3. The first-order chi connectivity index (χ1) is 7.25.